The van der Waals surface area contributed by atoms with Crippen LogP contribution < -0.4 is 10.6 Å². The van der Waals surface area contributed by atoms with Crippen LogP contribution in [0.4, 0.5) is 4.79 Å². The van der Waals surface area contributed by atoms with E-state index >= 15 is 0 Å². The van der Waals surface area contributed by atoms with Crippen LogP contribution in [0, 0.1) is 5.92 Å². The maximum absolute atomic E-state index is 12.1. The van der Waals surface area contributed by atoms with Crippen molar-refractivity contribution in [1.82, 2.24) is 20.4 Å². The van der Waals surface area contributed by atoms with E-state index in [1.165, 1.54) is 24.1 Å². The molecule has 0 radical (unpaired) electrons. The van der Waals surface area contributed by atoms with Crippen molar-refractivity contribution in [1.29, 1.82) is 0 Å². The van der Waals surface area contributed by atoms with Gasteiger partial charge in [-0.3, -0.25) is 9.48 Å². The number of rotatable bonds is 4. The second-order valence-corrected chi connectivity index (χ2v) is 6.92. The Bertz CT molecular complexity index is 618. The van der Waals surface area contributed by atoms with Gasteiger partial charge in [-0.05, 0) is 56.9 Å². The van der Waals surface area contributed by atoms with E-state index < -0.39 is 5.97 Å². The summed E-state index contributed by atoms with van der Waals surface area (Å²) in [6, 6.07) is -0.111. The number of aryl methyl sites for hydroxylation is 2. The lowest BCUT2D eigenvalue weighted by molar-refractivity contribution is -0.142. The number of aliphatic carboxylic acids is 1. The zero-order chi connectivity index (χ0) is 17.1. The Morgan fingerprint density at radius 2 is 1.92 bits per heavy atom. The van der Waals surface area contributed by atoms with E-state index in [2.05, 4.69) is 15.7 Å². The topological polar surface area (TPSA) is 96.3 Å². The van der Waals surface area contributed by atoms with Crippen LogP contribution in [-0.2, 0) is 31.2 Å². The monoisotopic (exact) mass is 334 g/mol. The van der Waals surface area contributed by atoms with Crippen molar-refractivity contribution in [3.8, 4) is 0 Å². The van der Waals surface area contributed by atoms with Crippen LogP contribution in [0.5, 0.6) is 0 Å². The second-order valence-electron chi connectivity index (χ2n) is 6.92. The third kappa shape index (κ3) is 3.71. The van der Waals surface area contributed by atoms with Crippen LogP contribution in [0.2, 0.25) is 0 Å². The number of carboxylic acids is 1. The van der Waals surface area contributed by atoms with Crippen LogP contribution in [0.15, 0.2) is 0 Å². The largest absolute Gasteiger partial charge is 0.481 e. The van der Waals surface area contributed by atoms with Crippen molar-refractivity contribution < 1.29 is 14.7 Å². The summed E-state index contributed by atoms with van der Waals surface area (Å²) in [5.41, 5.74) is 3.56. The van der Waals surface area contributed by atoms with Gasteiger partial charge in [-0.15, -0.1) is 0 Å². The molecule has 0 unspecified atom stereocenters. The average molecular weight is 334 g/mol. The molecule has 1 aromatic rings. The van der Waals surface area contributed by atoms with Crippen LogP contribution >= 0.6 is 0 Å². The van der Waals surface area contributed by atoms with E-state index in [-0.39, 0.29) is 18.0 Å². The van der Waals surface area contributed by atoms with Gasteiger partial charge in [-0.25, -0.2) is 4.79 Å². The van der Waals surface area contributed by atoms with Gasteiger partial charge in [-0.2, -0.15) is 5.10 Å². The molecule has 0 saturated heterocycles. The summed E-state index contributed by atoms with van der Waals surface area (Å²) in [6.45, 7) is 0.481. The predicted octanol–water partition coefficient (Wildman–Crippen LogP) is 1.74. The Morgan fingerprint density at radius 1 is 1.21 bits per heavy atom. The maximum Gasteiger partial charge on any atom is 0.315 e. The van der Waals surface area contributed by atoms with Crippen molar-refractivity contribution in [3.05, 3.63) is 17.0 Å². The number of amides is 2. The lowest BCUT2D eigenvalue weighted by Crippen LogP contribution is -2.44. The van der Waals surface area contributed by atoms with Gasteiger partial charge in [0.1, 0.15) is 0 Å². The van der Waals surface area contributed by atoms with Gasteiger partial charge in [-0.1, -0.05) is 0 Å². The lowest BCUT2D eigenvalue weighted by Gasteiger charge is -2.26. The molecular weight excluding hydrogens is 308 g/mol. The summed E-state index contributed by atoms with van der Waals surface area (Å²) in [5, 5.41) is 19.5. The van der Waals surface area contributed by atoms with Gasteiger partial charge < -0.3 is 15.7 Å². The normalized spacial score (nSPS) is 23.4. The van der Waals surface area contributed by atoms with Crippen molar-refractivity contribution in [2.24, 2.45) is 13.0 Å². The zero-order valence-corrected chi connectivity index (χ0v) is 14.2. The molecule has 2 aliphatic rings. The molecule has 0 aromatic carbocycles. The number of nitrogens with one attached hydrogen (secondary N) is 2. The molecule has 0 spiro atoms. The molecule has 24 heavy (non-hydrogen) atoms. The number of carbonyl (C=O) groups excluding carboxylic acids is 1. The smallest absolute Gasteiger partial charge is 0.315 e. The first-order valence-electron chi connectivity index (χ1n) is 8.85. The van der Waals surface area contributed by atoms with Crippen molar-refractivity contribution >= 4 is 12.0 Å². The Labute approximate surface area is 141 Å². The van der Waals surface area contributed by atoms with E-state index in [4.69, 9.17) is 5.11 Å². The lowest BCUT2D eigenvalue weighted by atomic mass is 9.86. The number of carbonyl (C=O) groups is 2. The van der Waals surface area contributed by atoms with E-state index in [1.54, 1.807) is 0 Å². The van der Waals surface area contributed by atoms with Crippen LogP contribution in [0.3, 0.4) is 0 Å². The van der Waals surface area contributed by atoms with E-state index in [1.807, 2.05) is 11.7 Å². The second kappa shape index (κ2) is 7.23. The molecule has 1 aromatic heterocycles. The summed E-state index contributed by atoms with van der Waals surface area (Å²) < 4.78 is 1.88. The first kappa shape index (κ1) is 16.8. The summed E-state index contributed by atoms with van der Waals surface area (Å²) in [6.07, 6.45) is 7.17. The number of nitrogens with zero attached hydrogens (tertiary/aromatic N) is 2. The molecule has 2 amide bonds. The molecule has 2 aliphatic carbocycles. The van der Waals surface area contributed by atoms with Gasteiger partial charge in [0.2, 0.25) is 0 Å². The number of aromatic nitrogens is 2. The van der Waals surface area contributed by atoms with Crippen molar-refractivity contribution in [2.45, 2.75) is 64.0 Å². The van der Waals surface area contributed by atoms with E-state index in [9.17, 15) is 9.59 Å². The molecule has 1 heterocycles. The number of fused-ring (bicyclic) bond motifs is 1. The van der Waals surface area contributed by atoms with Gasteiger partial charge in [0.05, 0.1) is 23.9 Å². The number of carboxylic acid groups (broad SMARTS) is 1. The molecule has 7 heteroatoms. The quantitative estimate of drug-likeness (QED) is 0.781. The number of hydrogen-bond acceptors (Lipinski definition) is 3. The Morgan fingerprint density at radius 3 is 2.62 bits per heavy atom. The van der Waals surface area contributed by atoms with Gasteiger partial charge >= 0.3 is 12.0 Å². The molecule has 7 nitrogen and oxygen atoms in total. The highest BCUT2D eigenvalue weighted by Crippen LogP contribution is 2.25. The zero-order valence-electron chi connectivity index (χ0n) is 14.2. The minimum absolute atomic E-state index is 0.0704. The standard InChI is InChI=1S/C17H26N4O3/c1-21-15(13-4-2-3-5-14(13)20-21)10-18-17(24)19-12-8-6-11(7-9-12)16(22)23/h11-12H,2-10H2,1H3,(H,22,23)(H2,18,19,24). The molecule has 1 fully saturated rings. The summed E-state index contributed by atoms with van der Waals surface area (Å²) >= 11 is 0. The molecular formula is C17H26N4O3. The fourth-order valence-electron chi connectivity index (χ4n) is 3.85. The third-order valence-corrected chi connectivity index (χ3v) is 5.28. The van der Waals surface area contributed by atoms with E-state index in [0.717, 1.165) is 31.4 Å². The van der Waals surface area contributed by atoms with Gasteiger partial charge in [0.25, 0.3) is 0 Å². The van der Waals surface area contributed by atoms with Gasteiger partial charge in [0, 0.05) is 13.1 Å². The first-order chi connectivity index (χ1) is 11.5. The number of hydrogen-bond donors (Lipinski definition) is 3. The minimum atomic E-state index is -0.723. The van der Waals surface area contributed by atoms with Crippen LogP contribution in [0.1, 0.15) is 55.5 Å². The van der Waals surface area contributed by atoms with Gasteiger partial charge in [0.15, 0.2) is 0 Å². The Hall–Kier alpha value is -2.05. The molecule has 0 aliphatic heterocycles. The van der Waals surface area contributed by atoms with Crippen LogP contribution in [-0.4, -0.2) is 32.9 Å². The molecule has 132 valence electrons. The first-order valence-corrected chi connectivity index (χ1v) is 8.85. The molecule has 3 rings (SSSR count). The molecule has 1 saturated carbocycles. The SMILES string of the molecule is Cn1nc2c(c1CNC(=O)NC1CCC(C(=O)O)CC1)CCCC2. The Balaban J connectivity index is 1.48. The molecule has 0 bridgehead atoms. The fourth-order valence-corrected chi connectivity index (χ4v) is 3.85. The highest BCUT2D eigenvalue weighted by Gasteiger charge is 2.27. The summed E-state index contributed by atoms with van der Waals surface area (Å²) in [7, 11) is 1.93. The van der Waals surface area contributed by atoms with Crippen LogP contribution in [0.25, 0.3) is 0 Å². The average Bonchev–Trinajstić information content (AvgIpc) is 2.88. The highest BCUT2D eigenvalue weighted by atomic mass is 16.4. The molecule has 3 N–H and O–H groups in total. The fraction of sp³-hybridized carbons (Fsp3) is 0.706. The Kier molecular flexibility index (Phi) is 5.06. The summed E-state index contributed by atoms with van der Waals surface area (Å²) in [5.74, 6) is -0.981. The minimum Gasteiger partial charge on any atom is -0.481 e. The molecule has 0 atom stereocenters. The third-order valence-electron chi connectivity index (χ3n) is 5.28. The maximum atomic E-state index is 12.1. The highest BCUT2D eigenvalue weighted by molar-refractivity contribution is 5.74. The van der Waals surface area contributed by atoms with Crippen molar-refractivity contribution in [2.75, 3.05) is 0 Å². The van der Waals surface area contributed by atoms with Crippen molar-refractivity contribution in [3.63, 3.8) is 0 Å². The number of urea groups is 1. The summed E-state index contributed by atoms with van der Waals surface area (Å²) in [4.78, 5) is 23.1. The predicted molar refractivity (Wildman–Crippen MR) is 88.6 cm³/mol. The van der Waals surface area contributed by atoms with E-state index in [0.29, 0.717) is 19.4 Å².